The van der Waals surface area contributed by atoms with Crippen molar-refractivity contribution in [3.8, 4) is 0 Å². The summed E-state index contributed by atoms with van der Waals surface area (Å²) in [7, 11) is -3.54. The average molecular weight is 430 g/mol. The Morgan fingerprint density at radius 2 is 1.90 bits per heavy atom. The van der Waals surface area contributed by atoms with Crippen LogP contribution in [0.1, 0.15) is 32.3 Å². The third kappa shape index (κ3) is 4.85. The largest absolute Gasteiger partial charge is 0.326 e. The molecule has 0 aliphatic rings. The first-order chi connectivity index (χ1) is 14.3. The Morgan fingerprint density at radius 1 is 1.13 bits per heavy atom. The Morgan fingerprint density at radius 3 is 2.60 bits per heavy atom. The molecule has 8 nitrogen and oxygen atoms in total. The first-order valence-corrected chi connectivity index (χ1v) is 11.5. The first kappa shape index (κ1) is 21.9. The maximum absolute atomic E-state index is 12.7. The van der Waals surface area contributed by atoms with Gasteiger partial charge in [-0.25, -0.2) is 13.1 Å². The van der Waals surface area contributed by atoms with E-state index in [1.165, 1.54) is 4.31 Å². The van der Waals surface area contributed by atoms with Gasteiger partial charge in [0.25, 0.3) is 0 Å². The molecule has 30 heavy (non-hydrogen) atoms. The monoisotopic (exact) mass is 429 g/mol. The summed E-state index contributed by atoms with van der Waals surface area (Å²) < 4.78 is 28.5. The molecule has 3 aromatic rings. The number of hydrogen-bond acceptors (Lipinski definition) is 5. The number of hydrogen-bond donors (Lipinski definition) is 1. The second-order valence-corrected chi connectivity index (χ2v) is 9.01. The number of anilines is 1. The van der Waals surface area contributed by atoms with Crippen LogP contribution in [0.5, 0.6) is 0 Å². The van der Waals surface area contributed by atoms with Crippen molar-refractivity contribution in [1.82, 2.24) is 19.3 Å². The molecule has 9 heteroatoms. The van der Waals surface area contributed by atoms with Crippen LogP contribution in [0.15, 0.2) is 47.4 Å². The molecule has 1 amide bonds. The van der Waals surface area contributed by atoms with Crippen LogP contribution in [-0.4, -0.2) is 46.7 Å². The second-order valence-electron chi connectivity index (χ2n) is 7.07. The SMILES string of the molecule is CCN(CC)S(=O)(=O)c1ccc2c(c1)nnn2CCCC(=O)Nc1cccc(C)c1. The molecule has 160 valence electrons. The van der Waals surface area contributed by atoms with E-state index in [2.05, 4.69) is 15.6 Å². The molecular formula is C21H27N5O3S. The van der Waals surface area contributed by atoms with Gasteiger partial charge in [0.1, 0.15) is 5.52 Å². The van der Waals surface area contributed by atoms with Crippen LogP contribution in [0.4, 0.5) is 5.69 Å². The fraction of sp³-hybridized carbons (Fsp3) is 0.381. The van der Waals surface area contributed by atoms with Gasteiger partial charge in [-0.3, -0.25) is 4.79 Å². The van der Waals surface area contributed by atoms with Gasteiger partial charge in [0.05, 0.1) is 10.4 Å². The first-order valence-electron chi connectivity index (χ1n) is 10.0. The summed E-state index contributed by atoms with van der Waals surface area (Å²) in [6.45, 7) is 6.93. The molecule has 0 saturated heterocycles. The highest BCUT2D eigenvalue weighted by molar-refractivity contribution is 7.89. The summed E-state index contributed by atoms with van der Waals surface area (Å²) in [6.07, 6.45) is 0.944. The number of sulfonamides is 1. The van der Waals surface area contributed by atoms with E-state index in [-0.39, 0.29) is 10.8 Å². The molecule has 0 saturated carbocycles. The number of carbonyl (C=O) groups excluding carboxylic acids is 1. The van der Waals surface area contributed by atoms with E-state index in [0.29, 0.717) is 38.0 Å². The number of aryl methyl sites for hydroxylation is 2. The molecule has 0 atom stereocenters. The van der Waals surface area contributed by atoms with E-state index < -0.39 is 10.0 Å². The highest BCUT2D eigenvalue weighted by Gasteiger charge is 2.22. The lowest BCUT2D eigenvalue weighted by Gasteiger charge is -2.18. The summed E-state index contributed by atoms with van der Waals surface area (Å²) >= 11 is 0. The van der Waals surface area contributed by atoms with Gasteiger partial charge >= 0.3 is 0 Å². The molecule has 0 unspecified atom stereocenters. The third-order valence-electron chi connectivity index (χ3n) is 4.90. The molecule has 1 heterocycles. The number of rotatable bonds is 9. The van der Waals surface area contributed by atoms with E-state index in [1.807, 2.05) is 45.0 Å². The molecule has 0 aliphatic carbocycles. The quantitative estimate of drug-likeness (QED) is 0.563. The van der Waals surface area contributed by atoms with Crippen LogP contribution in [0.3, 0.4) is 0 Å². The maximum atomic E-state index is 12.7. The topological polar surface area (TPSA) is 97.2 Å². The van der Waals surface area contributed by atoms with Crippen molar-refractivity contribution in [2.24, 2.45) is 0 Å². The Balaban J connectivity index is 1.64. The summed E-state index contributed by atoms with van der Waals surface area (Å²) in [4.78, 5) is 12.4. The van der Waals surface area contributed by atoms with Crippen molar-refractivity contribution in [3.05, 3.63) is 48.0 Å². The van der Waals surface area contributed by atoms with Crippen LogP contribution < -0.4 is 5.32 Å². The fourth-order valence-corrected chi connectivity index (χ4v) is 4.80. The highest BCUT2D eigenvalue weighted by atomic mass is 32.2. The molecule has 0 radical (unpaired) electrons. The van der Waals surface area contributed by atoms with Crippen molar-refractivity contribution in [3.63, 3.8) is 0 Å². The lowest BCUT2D eigenvalue weighted by Crippen LogP contribution is -2.30. The minimum atomic E-state index is -3.54. The van der Waals surface area contributed by atoms with Crippen LogP contribution in [0.25, 0.3) is 11.0 Å². The van der Waals surface area contributed by atoms with Crippen molar-refractivity contribution in [2.75, 3.05) is 18.4 Å². The number of nitrogens with one attached hydrogen (secondary N) is 1. The number of carbonyl (C=O) groups is 1. The van der Waals surface area contributed by atoms with E-state index in [0.717, 1.165) is 16.8 Å². The van der Waals surface area contributed by atoms with Crippen LogP contribution in [-0.2, 0) is 21.4 Å². The minimum absolute atomic E-state index is 0.0578. The minimum Gasteiger partial charge on any atom is -0.326 e. The Kier molecular flexibility index (Phi) is 6.84. The fourth-order valence-electron chi connectivity index (χ4n) is 3.33. The Hall–Kier alpha value is -2.78. The molecule has 1 N–H and O–H groups in total. The Bertz CT molecular complexity index is 1140. The lowest BCUT2D eigenvalue weighted by molar-refractivity contribution is -0.116. The lowest BCUT2D eigenvalue weighted by atomic mass is 10.2. The molecular weight excluding hydrogens is 402 g/mol. The number of fused-ring (bicyclic) bond motifs is 1. The van der Waals surface area contributed by atoms with Gasteiger partial charge < -0.3 is 5.32 Å². The summed E-state index contributed by atoms with van der Waals surface area (Å²) in [5.74, 6) is -0.0578. The van der Waals surface area contributed by atoms with E-state index >= 15 is 0 Å². The van der Waals surface area contributed by atoms with Gasteiger partial charge in [-0.2, -0.15) is 4.31 Å². The standard InChI is InChI=1S/C21H27N5O3S/c1-4-25(5-2)30(28,29)18-11-12-20-19(15-18)23-24-26(20)13-7-10-21(27)22-17-9-6-8-16(3)14-17/h6,8-9,11-12,14-15H,4-5,7,10,13H2,1-3H3,(H,22,27). The summed E-state index contributed by atoms with van der Waals surface area (Å²) in [6, 6.07) is 12.5. The smallest absolute Gasteiger partial charge is 0.243 e. The molecule has 2 aromatic carbocycles. The Labute approximate surface area is 176 Å². The molecule has 0 bridgehead atoms. The summed E-state index contributed by atoms with van der Waals surface area (Å²) in [5, 5.41) is 11.1. The predicted octanol–water partition coefficient (Wildman–Crippen LogP) is 3.19. The van der Waals surface area contributed by atoms with E-state index in [9.17, 15) is 13.2 Å². The molecule has 0 fully saturated rings. The van der Waals surface area contributed by atoms with Crippen LogP contribution >= 0.6 is 0 Å². The molecule has 3 rings (SSSR count). The zero-order valence-electron chi connectivity index (χ0n) is 17.5. The van der Waals surface area contributed by atoms with Gasteiger partial charge in [0.2, 0.25) is 15.9 Å². The van der Waals surface area contributed by atoms with E-state index in [4.69, 9.17) is 0 Å². The predicted molar refractivity (Wildman–Crippen MR) is 117 cm³/mol. The van der Waals surface area contributed by atoms with Crippen LogP contribution in [0, 0.1) is 6.92 Å². The average Bonchev–Trinajstić information content (AvgIpc) is 3.11. The van der Waals surface area contributed by atoms with Crippen molar-refractivity contribution in [1.29, 1.82) is 0 Å². The van der Waals surface area contributed by atoms with Crippen molar-refractivity contribution >= 4 is 32.7 Å². The molecule has 0 aliphatic heterocycles. The normalized spacial score (nSPS) is 11.9. The zero-order valence-corrected chi connectivity index (χ0v) is 18.3. The van der Waals surface area contributed by atoms with Gasteiger partial charge in [-0.1, -0.05) is 31.2 Å². The third-order valence-corrected chi connectivity index (χ3v) is 6.95. The number of benzene rings is 2. The van der Waals surface area contributed by atoms with Crippen molar-refractivity contribution < 1.29 is 13.2 Å². The summed E-state index contributed by atoms with van der Waals surface area (Å²) in [5.41, 5.74) is 3.14. The highest BCUT2D eigenvalue weighted by Crippen LogP contribution is 2.21. The number of nitrogens with zero attached hydrogens (tertiary/aromatic N) is 4. The second kappa shape index (κ2) is 9.36. The molecule has 1 aromatic heterocycles. The maximum Gasteiger partial charge on any atom is 0.243 e. The van der Waals surface area contributed by atoms with Crippen molar-refractivity contribution in [2.45, 2.75) is 45.1 Å². The van der Waals surface area contributed by atoms with Gasteiger partial charge in [-0.15, -0.1) is 5.10 Å². The molecule has 0 spiro atoms. The van der Waals surface area contributed by atoms with Gasteiger partial charge in [0, 0.05) is 31.7 Å². The number of amides is 1. The van der Waals surface area contributed by atoms with Crippen LogP contribution in [0.2, 0.25) is 0 Å². The number of aromatic nitrogens is 3. The van der Waals surface area contributed by atoms with Gasteiger partial charge in [0.15, 0.2) is 0 Å². The zero-order chi connectivity index (χ0) is 21.7. The van der Waals surface area contributed by atoms with Gasteiger partial charge in [-0.05, 0) is 49.2 Å². The van der Waals surface area contributed by atoms with E-state index in [1.54, 1.807) is 22.9 Å².